The maximum atomic E-state index is 10.0. The summed E-state index contributed by atoms with van der Waals surface area (Å²) in [5.41, 5.74) is 6.80. The molecule has 0 atom stereocenters. The van der Waals surface area contributed by atoms with Gasteiger partial charge in [-0.05, 0) is 42.5 Å². The fourth-order valence-corrected chi connectivity index (χ4v) is 5.56. The van der Waals surface area contributed by atoms with Gasteiger partial charge in [0.25, 0.3) is 0 Å². The first-order valence-corrected chi connectivity index (χ1v) is 11.8. The van der Waals surface area contributed by atoms with E-state index in [9.17, 15) is 10.5 Å². The quantitative estimate of drug-likeness (QED) is 0.267. The number of nitrogens with zero attached hydrogens (tertiary/aromatic N) is 4. The smallest absolute Gasteiger partial charge is 0.101 e. The molecular weight excluding hydrogens is 440 g/mol. The van der Waals surface area contributed by atoms with E-state index in [4.69, 9.17) is 0 Å². The van der Waals surface area contributed by atoms with E-state index in [2.05, 4.69) is 81.9 Å². The van der Waals surface area contributed by atoms with Crippen LogP contribution in [0.4, 0.5) is 0 Å². The third kappa shape index (κ3) is 2.61. The van der Waals surface area contributed by atoms with E-state index in [1.807, 2.05) is 30.3 Å². The van der Waals surface area contributed by atoms with Gasteiger partial charge in [-0.15, -0.1) is 0 Å². The number of para-hydroxylation sites is 4. The Morgan fingerprint density at radius 2 is 1.08 bits per heavy atom. The average Bonchev–Trinajstić information content (AvgIpc) is 3.45. The molecule has 0 radical (unpaired) electrons. The Balaban J connectivity index is 1.79. The van der Waals surface area contributed by atoms with Crippen molar-refractivity contribution in [2.75, 3.05) is 0 Å². The summed E-state index contributed by atoms with van der Waals surface area (Å²) in [6.45, 7) is 0. The second kappa shape index (κ2) is 7.60. The van der Waals surface area contributed by atoms with Crippen molar-refractivity contribution in [1.29, 1.82) is 10.5 Å². The number of nitriles is 2. The topological polar surface area (TPSA) is 57.4 Å². The summed E-state index contributed by atoms with van der Waals surface area (Å²) in [7, 11) is 0. The highest BCUT2D eigenvalue weighted by molar-refractivity contribution is 6.26. The van der Waals surface area contributed by atoms with Crippen LogP contribution in [0, 0.1) is 22.7 Å². The average molecular weight is 459 g/mol. The highest BCUT2D eigenvalue weighted by atomic mass is 15.0. The summed E-state index contributed by atoms with van der Waals surface area (Å²) < 4.78 is 4.40. The van der Waals surface area contributed by atoms with Gasteiger partial charge in [-0.3, -0.25) is 0 Å². The van der Waals surface area contributed by atoms with Gasteiger partial charge in [0.1, 0.15) is 12.1 Å². The predicted octanol–water partition coefficient (Wildman–Crippen LogP) is 7.62. The minimum absolute atomic E-state index is 0.473. The minimum atomic E-state index is 0.473. The molecule has 4 heteroatoms. The number of hydrogen-bond acceptors (Lipinski definition) is 2. The molecule has 0 fully saturated rings. The summed E-state index contributed by atoms with van der Waals surface area (Å²) in [4.78, 5) is 0. The maximum Gasteiger partial charge on any atom is 0.101 e. The molecule has 7 rings (SSSR count). The van der Waals surface area contributed by atoms with Gasteiger partial charge in [0, 0.05) is 27.2 Å². The molecule has 5 aromatic carbocycles. The first-order valence-electron chi connectivity index (χ1n) is 11.8. The Bertz CT molecular complexity index is 2030. The highest BCUT2D eigenvalue weighted by Gasteiger charge is 2.22. The van der Waals surface area contributed by atoms with Crippen LogP contribution in [0.5, 0.6) is 0 Å². The van der Waals surface area contributed by atoms with Gasteiger partial charge >= 0.3 is 0 Å². The highest BCUT2D eigenvalue weighted by Crippen LogP contribution is 2.42. The third-order valence-electron chi connectivity index (χ3n) is 6.98. The van der Waals surface area contributed by atoms with E-state index >= 15 is 0 Å². The molecule has 2 heterocycles. The van der Waals surface area contributed by atoms with Crippen LogP contribution in [0.1, 0.15) is 11.1 Å². The normalized spacial score (nSPS) is 11.3. The molecule has 0 aliphatic carbocycles. The molecule has 4 nitrogen and oxygen atoms in total. The standard InChI is InChI=1S/C32H18N4/c33-19-21-9-8-10-22(20-34)31(21)36-27-15-6-4-13-24(27)25-17-18-29-30(32(25)36)26-14-5-7-16-28(26)35(29)23-11-2-1-3-12-23/h1-18H. The van der Waals surface area contributed by atoms with Crippen LogP contribution in [0.25, 0.3) is 55.0 Å². The molecule has 0 aliphatic rings. The van der Waals surface area contributed by atoms with Crippen molar-refractivity contribution in [2.45, 2.75) is 0 Å². The summed E-state index contributed by atoms with van der Waals surface area (Å²) >= 11 is 0. The molecule has 0 unspecified atom stereocenters. The second-order valence-electron chi connectivity index (χ2n) is 8.82. The van der Waals surface area contributed by atoms with Crippen LogP contribution in [-0.4, -0.2) is 9.13 Å². The van der Waals surface area contributed by atoms with Crippen molar-refractivity contribution < 1.29 is 0 Å². The van der Waals surface area contributed by atoms with E-state index < -0.39 is 0 Å². The Labute approximate surface area is 207 Å². The monoisotopic (exact) mass is 458 g/mol. The molecule has 0 bridgehead atoms. The third-order valence-corrected chi connectivity index (χ3v) is 6.98. The van der Waals surface area contributed by atoms with Crippen LogP contribution < -0.4 is 0 Å². The first kappa shape index (κ1) is 20.1. The zero-order valence-corrected chi connectivity index (χ0v) is 19.2. The number of rotatable bonds is 2. The molecule has 0 spiro atoms. The fraction of sp³-hybridized carbons (Fsp3) is 0. The van der Waals surface area contributed by atoms with Gasteiger partial charge < -0.3 is 9.13 Å². The lowest BCUT2D eigenvalue weighted by molar-refractivity contribution is 1.16. The summed E-state index contributed by atoms with van der Waals surface area (Å²) in [5.74, 6) is 0. The number of benzene rings is 5. The van der Waals surface area contributed by atoms with Crippen molar-refractivity contribution >= 4 is 43.6 Å². The molecule has 0 amide bonds. The van der Waals surface area contributed by atoms with Gasteiger partial charge in [0.2, 0.25) is 0 Å². The van der Waals surface area contributed by atoms with Crippen LogP contribution in [0.2, 0.25) is 0 Å². The summed E-state index contributed by atoms with van der Waals surface area (Å²) in [6.07, 6.45) is 0. The van der Waals surface area contributed by atoms with E-state index in [-0.39, 0.29) is 0 Å². The van der Waals surface area contributed by atoms with Crippen LogP contribution in [0.15, 0.2) is 109 Å². The number of fused-ring (bicyclic) bond motifs is 7. The molecule has 0 aliphatic heterocycles. The Kier molecular flexibility index (Phi) is 4.24. The molecular formula is C32H18N4. The second-order valence-corrected chi connectivity index (χ2v) is 8.82. The van der Waals surface area contributed by atoms with Gasteiger partial charge in [-0.2, -0.15) is 10.5 Å². The predicted molar refractivity (Wildman–Crippen MR) is 145 cm³/mol. The fourth-order valence-electron chi connectivity index (χ4n) is 5.56. The lowest BCUT2D eigenvalue weighted by atomic mass is 10.1. The minimum Gasteiger partial charge on any atom is -0.309 e. The van der Waals surface area contributed by atoms with Crippen molar-refractivity contribution in [3.05, 3.63) is 120 Å². The zero-order valence-electron chi connectivity index (χ0n) is 19.2. The molecule has 36 heavy (non-hydrogen) atoms. The Hall–Kier alpha value is -5.32. The number of hydrogen-bond donors (Lipinski definition) is 0. The number of aromatic nitrogens is 2. The lowest BCUT2D eigenvalue weighted by Crippen LogP contribution is -2.01. The summed E-state index contributed by atoms with van der Waals surface area (Å²) in [6, 6.07) is 41.3. The SMILES string of the molecule is N#Cc1cccc(C#N)c1-n1c2ccccc2c2ccc3c(c4ccccc4n3-c3ccccc3)c21. The molecule has 0 saturated heterocycles. The van der Waals surface area contributed by atoms with Crippen molar-refractivity contribution in [3.8, 4) is 23.5 Å². The zero-order chi connectivity index (χ0) is 24.2. The van der Waals surface area contributed by atoms with Gasteiger partial charge in [-0.25, -0.2) is 0 Å². The molecule has 2 aromatic heterocycles. The largest absolute Gasteiger partial charge is 0.309 e. The van der Waals surface area contributed by atoms with E-state index in [0.29, 0.717) is 16.8 Å². The van der Waals surface area contributed by atoms with E-state index in [1.54, 1.807) is 18.2 Å². The molecule has 7 aromatic rings. The van der Waals surface area contributed by atoms with Crippen LogP contribution >= 0.6 is 0 Å². The lowest BCUT2D eigenvalue weighted by Gasteiger charge is -2.13. The molecule has 0 saturated carbocycles. The van der Waals surface area contributed by atoms with Crippen molar-refractivity contribution in [3.63, 3.8) is 0 Å². The van der Waals surface area contributed by atoms with Crippen LogP contribution in [0.3, 0.4) is 0 Å². The van der Waals surface area contributed by atoms with E-state index in [0.717, 1.165) is 49.3 Å². The van der Waals surface area contributed by atoms with Gasteiger partial charge in [0.05, 0.1) is 38.9 Å². The van der Waals surface area contributed by atoms with E-state index in [1.165, 1.54) is 0 Å². The Morgan fingerprint density at radius 1 is 0.472 bits per heavy atom. The van der Waals surface area contributed by atoms with Gasteiger partial charge in [0.15, 0.2) is 0 Å². The van der Waals surface area contributed by atoms with Crippen LogP contribution in [-0.2, 0) is 0 Å². The van der Waals surface area contributed by atoms with Crippen molar-refractivity contribution in [1.82, 2.24) is 9.13 Å². The molecule has 0 N–H and O–H groups in total. The van der Waals surface area contributed by atoms with Crippen molar-refractivity contribution in [2.24, 2.45) is 0 Å². The molecule has 166 valence electrons. The maximum absolute atomic E-state index is 10.0. The summed E-state index contributed by atoms with van der Waals surface area (Å²) in [5, 5.41) is 24.5. The Morgan fingerprint density at radius 3 is 1.78 bits per heavy atom. The van der Waals surface area contributed by atoms with Gasteiger partial charge in [-0.1, -0.05) is 66.7 Å². The first-order chi connectivity index (χ1) is 17.8.